The number of hydrogen-bond donors (Lipinski definition) is 4. The fraction of sp³-hybridized carbons (Fsp3) is 0.143. The van der Waals surface area contributed by atoms with Crippen LogP contribution in [0.4, 0.5) is 25.4 Å². The molecule has 5 rings (SSSR count). The normalized spacial score (nSPS) is 11.5. The highest BCUT2D eigenvalue weighted by Crippen LogP contribution is 2.38. The molecule has 2 aromatic carbocycles. The van der Waals surface area contributed by atoms with Gasteiger partial charge in [-0.3, -0.25) is 4.79 Å². The van der Waals surface area contributed by atoms with Crippen LogP contribution in [0, 0.1) is 11.6 Å². The van der Waals surface area contributed by atoms with Crippen LogP contribution in [0.25, 0.3) is 21.3 Å². The van der Waals surface area contributed by atoms with Crippen molar-refractivity contribution in [2.24, 2.45) is 0 Å². The lowest BCUT2D eigenvalue weighted by Crippen LogP contribution is -2.29. The summed E-state index contributed by atoms with van der Waals surface area (Å²) in [6, 6.07) is 13.7. The van der Waals surface area contributed by atoms with Gasteiger partial charge < -0.3 is 21.1 Å². The minimum absolute atomic E-state index is 0.0810. The number of aliphatic hydroxyl groups is 1. The van der Waals surface area contributed by atoms with Gasteiger partial charge in [-0.1, -0.05) is 12.1 Å². The highest BCUT2D eigenvalue weighted by molar-refractivity contribution is 7.89. The van der Waals surface area contributed by atoms with Crippen LogP contribution in [0.1, 0.15) is 15.9 Å². The number of nitrogens with two attached hydrogens (primary N) is 1. The number of carbonyl (C=O) groups excluding carboxylic acids is 1. The summed E-state index contributed by atoms with van der Waals surface area (Å²) in [5.41, 5.74) is 7.82. The Morgan fingerprint density at radius 2 is 1.86 bits per heavy atom. The molecule has 0 fully saturated rings. The van der Waals surface area contributed by atoms with Gasteiger partial charge in [-0.2, -0.15) is 0 Å². The molecule has 11 nitrogen and oxygen atoms in total. The zero-order valence-electron chi connectivity index (χ0n) is 22.6. The zero-order chi connectivity index (χ0) is 30.7. The molecule has 0 spiro atoms. The van der Waals surface area contributed by atoms with Gasteiger partial charge in [0.15, 0.2) is 11.6 Å². The zero-order valence-corrected chi connectivity index (χ0v) is 24.2. The van der Waals surface area contributed by atoms with Gasteiger partial charge in [0, 0.05) is 36.6 Å². The SMILES string of the molecule is CN(c1ccc(-c2ccc3ncnc(N)c3c2)s1)c1ncc(S(=O)(=O)NCCO)cc1C(=O)NCc1ccc(F)c(F)c1. The van der Waals surface area contributed by atoms with E-state index in [0.29, 0.717) is 27.3 Å². The number of sulfonamides is 1. The highest BCUT2D eigenvalue weighted by atomic mass is 32.2. The summed E-state index contributed by atoms with van der Waals surface area (Å²) in [6.45, 7) is -0.810. The van der Waals surface area contributed by atoms with Crippen LogP contribution in [0.5, 0.6) is 0 Å². The molecule has 0 radical (unpaired) electrons. The van der Waals surface area contributed by atoms with E-state index in [-0.39, 0.29) is 29.4 Å². The predicted octanol–water partition coefficient (Wildman–Crippen LogP) is 3.58. The smallest absolute Gasteiger partial charge is 0.255 e. The van der Waals surface area contributed by atoms with Gasteiger partial charge in [0.25, 0.3) is 5.91 Å². The number of aromatic nitrogens is 3. The number of halogens is 2. The van der Waals surface area contributed by atoms with Gasteiger partial charge in [0.2, 0.25) is 10.0 Å². The standard InChI is InChI=1S/C28H25F2N7O4S2/c1-37(25-7-6-24(42-25)17-3-5-23-19(11-17)26(31)35-15-34-23)27-20(12-18(14-32-27)43(40,41)36-8-9-38)28(39)33-13-16-2-4-21(29)22(30)10-16/h2-7,10-12,14-15,36,38H,8-9,13H2,1H3,(H,33,39)(H2,31,34,35). The Morgan fingerprint density at radius 3 is 2.63 bits per heavy atom. The van der Waals surface area contributed by atoms with Crippen LogP contribution >= 0.6 is 11.3 Å². The molecule has 0 saturated heterocycles. The number of rotatable bonds is 10. The van der Waals surface area contributed by atoms with E-state index in [0.717, 1.165) is 28.8 Å². The quantitative estimate of drug-likeness (QED) is 0.182. The molecule has 43 heavy (non-hydrogen) atoms. The van der Waals surface area contributed by atoms with Gasteiger partial charge in [-0.15, -0.1) is 11.3 Å². The monoisotopic (exact) mass is 625 g/mol. The average Bonchev–Trinajstić information content (AvgIpc) is 3.50. The summed E-state index contributed by atoms with van der Waals surface area (Å²) in [7, 11) is -2.42. The molecule has 5 aromatic rings. The van der Waals surface area contributed by atoms with Gasteiger partial charge in [0.1, 0.15) is 22.9 Å². The lowest BCUT2D eigenvalue weighted by Gasteiger charge is -2.20. The number of anilines is 3. The second kappa shape index (κ2) is 12.3. The van der Waals surface area contributed by atoms with Gasteiger partial charge in [0.05, 0.1) is 22.7 Å². The predicted molar refractivity (Wildman–Crippen MR) is 159 cm³/mol. The van der Waals surface area contributed by atoms with Crippen LogP contribution in [-0.4, -0.2) is 54.6 Å². The second-order valence-electron chi connectivity index (χ2n) is 9.28. The van der Waals surface area contributed by atoms with Crippen molar-refractivity contribution in [1.29, 1.82) is 0 Å². The van der Waals surface area contributed by atoms with E-state index in [1.807, 2.05) is 30.3 Å². The summed E-state index contributed by atoms with van der Waals surface area (Å²) in [5.74, 6) is -2.28. The lowest BCUT2D eigenvalue weighted by atomic mass is 10.1. The number of benzene rings is 2. The summed E-state index contributed by atoms with van der Waals surface area (Å²) in [5, 5.41) is 13.1. The first kappa shape index (κ1) is 29.9. The van der Waals surface area contributed by atoms with Crippen molar-refractivity contribution >= 4 is 54.8 Å². The topological polar surface area (TPSA) is 163 Å². The van der Waals surface area contributed by atoms with Gasteiger partial charge in [-0.05, 0) is 53.6 Å². The van der Waals surface area contributed by atoms with Crippen molar-refractivity contribution in [3.8, 4) is 10.4 Å². The van der Waals surface area contributed by atoms with Gasteiger partial charge in [-0.25, -0.2) is 36.9 Å². The van der Waals surface area contributed by atoms with E-state index in [1.54, 1.807) is 11.9 Å². The van der Waals surface area contributed by atoms with Crippen molar-refractivity contribution in [3.05, 3.63) is 89.9 Å². The number of nitrogens with zero attached hydrogens (tertiary/aromatic N) is 4. The molecule has 0 bridgehead atoms. The van der Waals surface area contributed by atoms with Crippen LogP contribution in [0.15, 0.2) is 72.0 Å². The van der Waals surface area contributed by atoms with Crippen LogP contribution < -0.4 is 20.7 Å². The van der Waals surface area contributed by atoms with E-state index in [1.165, 1.54) is 29.8 Å². The fourth-order valence-electron chi connectivity index (χ4n) is 4.21. The van der Waals surface area contributed by atoms with Crippen LogP contribution in [0.2, 0.25) is 0 Å². The van der Waals surface area contributed by atoms with E-state index >= 15 is 0 Å². The maximum atomic E-state index is 13.7. The Hall–Kier alpha value is -4.57. The first-order valence-corrected chi connectivity index (χ1v) is 15.0. The molecule has 0 aliphatic rings. The third-order valence-electron chi connectivity index (χ3n) is 6.43. The number of aliphatic hydroxyl groups excluding tert-OH is 1. The van der Waals surface area contributed by atoms with Crippen molar-refractivity contribution in [1.82, 2.24) is 25.0 Å². The minimum Gasteiger partial charge on any atom is -0.395 e. The molecule has 3 aromatic heterocycles. The molecule has 0 saturated carbocycles. The molecule has 15 heteroatoms. The summed E-state index contributed by atoms with van der Waals surface area (Å²) in [6.07, 6.45) is 2.51. The molecular formula is C28H25F2N7O4S2. The summed E-state index contributed by atoms with van der Waals surface area (Å²) < 4.78 is 54.7. The number of fused-ring (bicyclic) bond motifs is 1. The van der Waals surface area contributed by atoms with E-state index in [2.05, 4.69) is 25.0 Å². The third-order valence-corrected chi connectivity index (χ3v) is 9.07. The number of amides is 1. The molecule has 0 aliphatic carbocycles. The number of thiophene rings is 1. The Morgan fingerprint density at radius 1 is 1.05 bits per heavy atom. The molecular weight excluding hydrogens is 600 g/mol. The van der Waals surface area contributed by atoms with E-state index < -0.39 is 34.2 Å². The van der Waals surface area contributed by atoms with Gasteiger partial charge >= 0.3 is 0 Å². The van der Waals surface area contributed by atoms with Crippen molar-refractivity contribution in [2.45, 2.75) is 11.4 Å². The molecule has 222 valence electrons. The summed E-state index contributed by atoms with van der Waals surface area (Å²) in [4.78, 5) is 28.2. The Kier molecular flexibility index (Phi) is 8.59. The molecule has 0 aliphatic heterocycles. The Balaban J connectivity index is 1.48. The third kappa shape index (κ3) is 6.44. The number of pyridine rings is 1. The minimum atomic E-state index is -4.10. The number of carbonyl (C=O) groups is 1. The van der Waals surface area contributed by atoms with Crippen molar-refractivity contribution in [3.63, 3.8) is 0 Å². The molecule has 5 N–H and O–H groups in total. The molecule has 1 amide bonds. The maximum Gasteiger partial charge on any atom is 0.255 e. The van der Waals surface area contributed by atoms with Crippen molar-refractivity contribution in [2.75, 3.05) is 30.8 Å². The fourth-order valence-corrected chi connectivity index (χ4v) is 6.16. The first-order chi connectivity index (χ1) is 20.6. The highest BCUT2D eigenvalue weighted by Gasteiger charge is 2.23. The summed E-state index contributed by atoms with van der Waals surface area (Å²) >= 11 is 1.39. The van der Waals surface area contributed by atoms with E-state index in [9.17, 15) is 22.0 Å². The van der Waals surface area contributed by atoms with Crippen molar-refractivity contribution < 1.29 is 27.1 Å². The van der Waals surface area contributed by atoms with Crippen LogP contribution in [-0.2, 0) is 16.6 Å². The lowest BCUT2D eigenvalue weighted by molar-refractivity contribution is 0.0951. The Bertz CT molecular complexity index is 1940. The van der Waals surface area contributed by atoms with Crippen LogP contribution in [0.3, 0.4) is 0 Å². The first-order valence-electron chi connectivity index (χ1n) is 12.7. The Labute approximate surface area is 249 Å². The average molecular weight is 626 g/mol. The molecule has 0 unspecified atom stereocenters. The van der Waals surface area contributed by atoms with E-state index in [4.69, 9.17) is 10.8 Å². The largest absolute Gasteiger partial charge is 0.395 e. The number of hydrogen-bond acceptors (Lipinski definition) is 10. The number of nitrogen functional groups attached to an aromatic ring is 1. The molecule has 0 atom stereocenters. The maximum absolute atomic E-state index is 13.7. The number of nitrogens with one attached hydrogen (secondary N) is 2. The second-order valence-corrected chi connectivity index (χ2v) is 12.1. The molecule has 3 heterocycles.